The molecule has 0 unspecified atom stereocenters. The van der Waals surface area contributed by atoms with Crippen LogP contribution >= 0.6 is 0 Å². The van der Waals surface area contributed by atoms with Crippen molar-refractivity contribution in [2.24, 2.45) is 0 Å². The molecule has 1 aromatic carbocycles. The number of carbonyl (C=O) groups excluding carboxylic acids is 3. The van der Waals surface area contributed by atoms with Gasteiger partial charge in [0.15, 0.2) is 0 Å². The highest BCUT2D eigenvalue weighted by molar-refractivity contribution is 6.42. The summed E-state index contributed by atoms with van der Waals surface area (Å²) in [5.74, 6) is -1.08. The number of hydrogen-bond donors (Lipinski definition) is 2. The van der Waals surface area contributed by atoms with E-state index >= 15 is 0 Å². The molecule has 2 aliphatic heterocycles. The fourth-order valence-corrected chi connectivity index (χ4v) is 3.43. The van der Waals surface area contributed by atoms with Crippen molar-refractivity contribution in [2.45, 2.75) is 0 Å². The van der Waals surface area contributed by atoms with Gasteiger partial charge in [0, 0.05) is 55.9 Å². The van der Waals surface area contributed by atoms with Crippen LogP contribution in [0.25, 0.3) is 12.3 Å². The van der Waals surface area contributed by atoms with Crippen LogP contribution in [0.15, 0.2) is 36.5 Å². The Kier molecular flexibility index (Phi) is 4.50. The Morgan fingerprint density at radius 2 is 1.63 bits per heavy atom. The van der Waals surface area contributed by atoms with Gasteiger partial charge in [0.2, 0.25) is 0 Å². The SMILES string of the molecule is O=C(C(=O)N1CCN(C(=O)c2ccccc2)CC1)c1c[nH]c2c1=CCNC=2. The average Bonchev–Trinajstić information content (AvgIpc) is 3.17. The van der Waals surface area contributed by atoms with Crippen molar-refractivity contribution in [3.8, 4) is 0 Å². The van der Waals surface area contributed by atoms with E-state index in [2.05, 4.69) is 10.3 Å². The summed E-state index contributed by atoms with van der Waals surface area (Å²) in [6.45, 7) is 2.17. The first-order valence-electron chi connectivity index (χ1n) is 8.94. The molecule has 27 heavy (non-hydrogen) atoms. The highest BCUT2D eigenvalue weighted by Crippen LogP contribution is 2.10. The topological polar surface area (TPSA) is 85.5 Å². The zero-order valence-electron chi connectivity index (χ0n) is 14.8. The summed E-state index contributed by atoms with van der Waals surface area (Å²) in [4.78, 5) is 44.1. The molecule has 0 saturated carbocycles. The smallest absolute Gasteiger partial charge is 0.295 e. The van der Waals surface area contributed by atoms with E-state index in [1.54, 1.807) is 29.4 Å². The molecular weight excluding hydrogens is 344 g/mol. The van der Waals surface area contributed by atoms with Crippen molar-refractivity contribution < 1.29 is 14.4 Å². The molecule has 2 N–H and O–H groups in total. The lowest BCUT2D eigenvalue weighted by atomic mass is 10.1. The van der Waals surface area contributed by atoms with Gasteiger partial charge in [-0.15, -0.1) is 0 Å². The predicted octanol–water partition coefficient (Wildman–Crippen LogP) is -0.696. The number of carbonyl (C=O) groups is 3. The van der Waals surface area contributed by atoms with Gasteiger partial charge >= 0.3 is 0 Å². The molecule has 2 amide bonds. The molecule has 0 aliphatic carbocycles. The molecule has 0 bridgehead atoms. The van der Waals surface area contributed by atoms with Crippen molar-refractivity contribution in [2.75, 3.05) is 32.7 Å². The molecule has 2 aromatic rings. The molecule has 1 fully saturated rings. The highest BCUT2D eigenvalue weighted by Gasteiger charge is 2.29. The van der Waals surface area contributed by atoms with Crippen molar-refractivity contribution >= 4 is 29.9 Å². The number of aromatic nitrogens is 1. The third-order valence-electron chi connectivity index (χ3n) is 4.94. The predicted molar refractivity (Wildman–Crippen MR) is 100 cm³/mol. The van der Waals surface area contributed by atoms with Crippen LogP contribution in [0.2, 0.25) is 0 Å². The molecule has 7 heteroatoms. The number of ketones is 1. The Morgan fingerprint density at radius 3 is 2.37 bits per heavy atom. The molecule has 138 valence electrons. The molecule has 1 saturated heterocycles. The lowest BCUT2D eigenvalue weighted by Gasteiger charge is -2.34. The van der Waals surface area contributed by atoms with Crippen molar-refractivity contribution in [1.82, 2.24) is 20.1 Å². The maximum absolute atomic E-state index is 12.7. The molecule has 3 heterocycles. The first kappa shape index (κ1) is 17.1. The largest absolute Gasteiger partial charge is 0.386 e. The van der Waals surface area contributed by atoms with Crippen molar-refractivity contribution in [3.63, 3.8) is 0 Å². The minimum atomic E-state index is -0.518. The Balaban J connectivity index is 1.43. The second-order valence-electron chi connectivity index (χ2n) is 6.57. The maximum atomic E-state index is 12.7. The summed E-state index contributed by atoms with van der Waals surface area (Å²) < 4.78 is 0. The number of amides is 2. The number of fused-ring (bicyclic) bond motifs is 1. The lowest BCUT2D eigenvalue weighted by molar-refractivity contribution is -0.127. The molecular formula is C20H20N4O3. The van der Waals surface area contributed by atoms with Gasteiger partial charge < -0.3 is 20.1 Å². The van der Waals surface area contributed by atoms with E-state index in [1.165, 1.54) is 4.90 Å². The Morgan fingerprint density at radius 1 is 0.926 bits per heavy atom. The normalized spacial score (nSPS) is 15.9. The number of H-pyrrole nitrogens is 1. The summed E-state index contributed by atoms with van der Waals surface area (Å²) in [6.07, 6.45) is 5.27. The van der Waals surface area contributed by atoms with Crippen LogP contribution in [-0.2, 0) is 4.79 Å². The van der Waals surface area contributed by atoms with Crippen LogP contribution in [-0.4, -0.2) is 65.1 Å². The van der Waals surface area contributed by atoms with Crippen LogP contribution in [0, 0.1) is 0 Å². The first-order valence-corrected chi connectivity index (χ1v) is 8.94. The van der Waals surface area contributed by atoms with Gasteiger partial charge in [-0.1, -0.05) is 24.3 Å². The van der Waals surface area contributed by atoms with E-state index in [1.807, 2.05) is 24.3 Å². The van der Waals surface area contributed by atoms with E-state index in [9.17, 15) is 14.4 Å². The molecule has 7 nitrogen and oxygen atoms in total. The Hall–Kier alpha value is -3.35. The fourth-order valence-electron chi connectivity index (χ4n) is 3.43. The first-order chi connectivity index (χ1) is 13.1. The van der Waals surface area contributed by atoms with Crippen LogP contribution in [0.1, 0.15) is 20.7 Å². The number of Topliss-reactive ketones (excluding diaryl/α,β-unsaturated/α-hetero) is 1. The number of benzene rings is 1. The van der Waals surface area contributed by atoms with Crippen LogP contribution in [0.5, 0.6) is 0 Å². The molecule has 2 aliphatic rings. The minimum Gasteiger partial charge on any atom is -0.386 e. The van der Waals surface area contributed by atoms with Gasteiger partial charge in [0.25, 0.3) is 17.6 Å². The fraction of sp³-hybridized carbons (Fsp3) is 0.250. The highest BCUT2D eigenvalue weighted by atomic mass is 16.2. The van der Waals surface area contributed by atoms with Crippen LogP contribution in [0.3, 0.4) is 0 Å². The summed E-state index contributed by atoms with van der Waals surface area (Å²) in [5, 5.41) is 4.63. The van der Waals surface area contributed by atoms with Gasteiger partial charge in [-0.25, -0.2) is 0 Å². The second kappa shape index (κ2) is 7.11. The lowest BCUT2D eigenvalue weighted by Crippen LogP contribution is -2.52. The van der Waals surface area contributed by atoms with Crippen LogP contribution in [0.4, 0.5) is 0 Å². The monoisotopic (exact) mass is 364 g/mol. The van der Waals surface area contributed by atoms with E-state index in [4.69, 9.17) is 0 Å². The van der Waals surface area contributed by atoms with Gasteiger partial charge in [-0.05, 0) is 12.1 Å². The van der Waals surface area contributed by atoms with E-state index in [0.29, 0.717) is 43.9 Å². The Bertz CT molecular complexity index is 1000. The number of hydrogen-bond acceptors (Lipinski definition) is 4. The molecule has 4 rings (SSSR count). The van der Waals surface area contributed by atoms with Gasteiger partial charge in [-0.2, -0.15) is 0 Å². The zero-order chi connectivity index (χ0) is 18.8. The van der Waals surface area contributed by atoms with Gasteiger partial charge in [-0.3, -0.25) is 14.4 Å². The number of nitrogens with zero attached hydrogens (tertiary/aromatic N) is 2. The summed E-state index contributed by atoms with van der Waals surface area (Å²) in [6, 6.07) is 9.08. The molecule has 1 aromatic heterocycles. The van der Waals surface area contributed by atoms with E-state index in [0.717, 1.165) is 10.6 Å². The summed E-state index contributed by atoms with van der Waals surface area (Å²) in [7, 11) is 0. The van der Waals surface area contributed by atoms with Crippen molar-refractivity contribution in [1.29, 1.82) is 0 Å². The minimum absolute atomic E-state index is 0.0497. The van der Waals surface area contributed by atoms with Gasteiger partial charge in [0.05, 0.1) is 10.9 Å². The van der Waals surface area contributed by atoms with Crippen LogP contribution < -0.4 is 15.9 Å². The standard InChI is InChI=1S/C20H20N4O3/c25-18(16-12-22-17-13-21-7-6-15(16)17)20(27)24-10-8-23(9-11-24)19(26)14-4-2-1-3-5-14/h1-6,12-13,21-22H,7-11H2. The number of rotatable bonds is 3. The maximum Gasteiger partial charge on any atom is 0.295 e. The Labute approximate surface area is 156 Å². The quantitative estimate of drug-likeness (QED) is 0.557. The van der Waals surface area contributed by atoms with Gasteiger partial charge in [0.1, 0.15) is 0 Å². The van der Waals surface area contributed by atoms with E-state index < -0.39 is 11.7 Å². The van der Waals surface area contributed by atoms with Crippen molar-refractivity contribution in [3.05, 3.63) is 58.2 Å². The molecule has 0 spiro atoms. The summed E-state index contributed by atoms with van der Waals surface area (Å²) >= 11 is 0. The van der Waals surface area contributed by atoms with E-state index in [-0.39, 0.29) is 5.91 Å². The number of piperazine rings is 1. The molecule has 0 radical (unpaired) electrons. The average molecular weight is 364 g/mol. The molecule has 0 atom stereocenters. The number of nitrogens with one attached hydrogen (secondary N) is 2. The second-order valence-corrected chi connectivity index (χ2v) is 6.57. The third-order valence-corrected chi connectivity index (χ3v) is 4.94. The number of aromatic amines is 1. The zero-order valence-corrected chi connectivity index (χ0v) is 14.8. The third kappa shape index (κ3) is 3.23. The summed E-state index contributed by atoms with van der Waals surface area (Å²) in [5.41, 5.74) is 1.03.